The lowest BCUT2D eigenvalue weighted by atomic mass is 9.76. The Morgan fingerprint density at radius 2 is 1.93 bits per heavy atom. The first kappa shape index (κ1) is 19.5. The number of rotatable bonds is 6. The van der Waals surface area contributed by atoms with Gasteiger partial charge in [-0.25, -0.2) is 0 Å². The summed E-state index contributed by atoms with van der Waals surface area (Å²) >= 11 is 7.62. The molecule has 0 radical (unpaired) electrons. The molecule has 2 atom stereocenters. The van der Waals surface area contributed by atoms with Crippen molar-refractivity contribution in [1.29, 1.82) is 0 Å². The summed E-state index contributed by atoms with van der Waals surface area (Å²) in [4.78, 5) is 31.6. The fraction of sp³-hybridized carbons (Fsp3) is 0.286. The van der Waals surface area contributed by atoms with Crippen molar-refractivity contribution < 1.29 is 14.3 Å². The third kappa shape index (κ3) is 3.89. The number of halogens is 1. The van der Waals surface area contributed by atoms with Crippen LogP contribution in [-0.2, 0) is 9.53 Å². The monoisotopic (exact) mass is 401 g/mol. The van der Waals surface area contributed by atoms with Gasteiger partial charge in [0.05, 0.1) is 12.5 Å². The first-order chi connectivity index (χ1) is 13.1. The highest BCUT2D eigenvalue weighted by atomic mass is 35.5. The topological polar surface area (TPSA) is 55.7 Å². The van der Waals surface area contributed by atoms with Gasteiger partial charge in [0.25, 0.3) is 0 Å². The van der Waals surface area contributed by atoms with Crippen molar-refractivity contribution in [2.24, 2.45) is 10.9 Å². The smallest absolute Gasteiger partial charge is 0.315 e. The van der Waals surface area contributed by atoms with E-state index in [1.165, 1.54) is 11.3 Å². The molecule has 0 spiro atoms. The number of benzene rings is 1. The molecule has 6 heteroatoms. The second kappa shape index (κ2) is 8.63. The van der Waals surface area contributed by atoms with Crippen molar-refractivity contribution in [3.63, 3.8) is 0 Å². The molecule has 1 aromatic heterocycles. The number of nitrogens with zero attached hydrogens (tertiary/aromatic N) is 1. The van der Waals surface area contributed by atoms with Crippen LogP contribution in [0.1, 0.15) is 35.0 Å². The third-order valence-electron chi connectivity index (χ3n) is 4.51. The number of carbonyl (C=O) groups is 2. The Labute approximate surface area is 167 Å². The lowest BCUT2D eigenvalue weighted by Crippen LogP contribution is -2.37. The Morgan fingerprint density at radius 3 is 2.52 bits per heavy atom. The Bertz CT molecular complexity index is 887. The summed E-state index contributed by atoms with van der Waals surface area (Å²) in [5.74, 6) is -1.58. The van der Waals surface area contributed by atoms with Crippen LogP contribution < -0.4 is 0 Å². The van der Waals surface area contributed by atoms with Crippen molar-refractivity contribution in [3.05, 3.63) is 69.6 Å². The zero-order chi connectivity index (χ0) is 19.4. The van der Waals surface area contributed by atoms with Gasteiger partial charge in [-0.05, 0) is 25.3 Å². The minimum atomic E-state index is -0.701. The highest BCUT2D eigenvalue weighted by Gasteiger charge is 2.43. The molecular formula is C21H20ClNO3S. The van der Waals surface area contributed by atoms with Crippen molar-refractivity contribution in [2.45, 2.75) is 19.8 Å². The number of ketones is 1. The predicted octanol–water partition coefficient (Wildman–Crippen LogP) is 4.86. The summed E-state index contributed by atoms with van der Waals surface area (Å²) in [7, 11) is 0. The number of ether oxygens (including phenoxy) is 1. The van der Waals surface area contributed by atoms with Gasteiger partial charge in [0, 0.05) is 33.3 Å². The normalized spacial score (nSPS) is 19.6. The summed E-state index contributed by atoms with van der Waals surface area (Å²) < 4.78 is 5.30. The number of Topliss-reactive ketones (excluding diaryl/α,β-unsaturated/α-hetero) is 1. The number of carbonyl (C=O) groups excluding carboxylic acids is 2. The van der Waals surface area contributed by atoms with E-state index >= 15 is 0 Å². The van der Waals surface area contributed by atoms with Crippen molar-refractivity contribution >= 4 is 40.4 Å². The van der Waals surface area contributed by atoms with Gasteiger partial charge in [-0.2, -0.15) is 0 Å². The molecule has 2 aromatic rings. The molecule has 4 nitrogen and oxygen atoms in total. The van der Waals surface area contributed by atoms with Gasteiger partial charge in [-0.3, -0.25) is 14.6 Å². The number of aliphatic imine (C=N–C) groups is 1. The first-order valence-corrected chi connectivity index (χ1v) is 10.1. The van der Waals surface area contributed by atoms with E-state index in [1.54, 1.807) is 26.0 Å². The van der Waals surface area contributed by atoms with Gasteiger partial charge in [0.15, 0.2) is 5.78 Å². The van der Waals surface area contributed by atoms with Crippen molar-refractivity contribution in [2.75, 3.05) is 12.5 Å². The van der Waals surface area contributed by atoms with E-state index in [0.717, 1.165) is 4.88 Å². The maximum Gasteiger partial charge on any atom is 0.315 e. The molecule has 1 aliphatic heterocycles. The quantitative estimate of drug-likeness (QED) is 0.394. The molecule has 0 N–H and O–H groups in total. The second-order valence-electron chi connectivity index (χ2n) is 6.15. The number of thiophene rings is 1. The van der Waals surface area contributed by atoms with Crippen molar-refractivity contribution in [1.82, 2.24) is 0 Å². The molecule has 0 bridgehead atoms. The molecule has 140 valence electrons. The molecule has 1 aromatic carbocycles. The van der Waals surface area contributed by atoms with E-state index in [9.17, 15) is 9.59 Å². The zero-order valence-electron chi connectivity index (χ0n) is 15.1. The number of hydrogen-bond donors (Lipinski definition) is 0. The number of allylic oxidation sites excluding steroid dienone is 2. The van der Waals surface area contributed by atoms with Gasteiger partial charge in [-0.15, -0.1) is 22.9 Å². The molecule has 3 rings (SSSR count). The van der Waals surface area contributed by atoms with E-state index in [4.69, 9.17) is 16.3 Å². The van der Waals surface area contributed by atoms with Crippen LogP contribution in [0, 0.1) is 5.92 Å². The van der Waals surface area contributed by atoms with E-state index in [2.05, 4.69) is 4.99 Å². The van der Waals surface area contributed by atoms with E-state index < -0.39 is 17.8 Å². The molecule has 0 fully saturated rings. The van der Waals surface area contributed by atoms with Crippen LogP contribution >= 0.6 is 22.9 Å². The van der Waals surface area contributed by atoms with Gasteiger partial charge in [-0.1, -0.05) is 36.4 Å². The van der Waals surface area contributed by atoms with Crippen LogP contribution in [-0.4, -0.2) is 30.0 Å². The van der Waals surface area contributed by atoms with Crippen LogP contribution in [0.4, 0.5) is 0 Å². The average Bonchev–Trinajstić information content (AvgIpc) is 3.21. The molecular weight excluding hydrogens is 382 g/mol. The number of hydrogen-bond acceptors (Lipinski definition) is 5. The average molecular weight is 402 g/mol. The molecule has 27 heavy (non-hydrogen) atoms. The Morgan fingerprint density at radius 1 is 1.19 bits per heavy atom. The maximum atomic E-state index is 13.3. The summed E-state index contributed by atoms with van der Waals surface area (Å²) in [5.41, 5.74) is 2.23. The highest BCUT2D eigenvalue weighted by Crippen LogP contribution is 2.42. The third-order valence-corrected chi connectivity index (χ3v) is 5.74. The minimum absolute atomic E-state index is 0.107. The Balaban J connectivity index is 2.17. The summed E-state index contributed by atoms with van der Waals surface area (Å²) in [6.07, 6.45) is 0. The van der Waals surface area contributed by atoms with E-state index in [-0.39, 0.29) is 18.3 Å². The molecule has 2 unspecified atom stereocenters. The highest BCUT2D eigenvalue weighted by molar-refractivity contribution is 7.10. The second-order valence-corrected chi connectivity index (χ2v) is 7.40. The molecule has 0 saturated heterocycles. The Hall–Kier alpha value is -2.24. The fourth-order valence-electron chi connectivity index (χ4n) is 3.37. The van der Waals surface area contributed by atoms with E-state index in [1.807, 2.05) is 35.7 Å². The van der Waals surface area contributed by atoms with Crippen LogP contribution in [0.2, 0.25) is 0 Å². The first-order valence-electron chi connectivity index (χ1n) is 8.72. The van der Waals surface area contributed by atoms with Crippen LogP contribution in [0.3, 0.4) is 0 Å². The molecule has 1 aliphatic rings. The number of esters is 1. The van der Waals surface area contributed by atoms with Crippen LogP contribution in [0.25, 0.3) is 0 Å². The lowest BCUT2D eigenvalue weighted by molar-refractivity contribution is -0.145. The predicted molar refractivity (Wildman–Crippen MR) is 109 cm³/mol. The Kier molecular flexibility index (Phi) is 6.24. The van der Waals surface area contributed by atoms with Crippen LogP contribution in [0.15, 0.2) is 64.1 Å². The van der Waals surface area contributed by atoms with E-state index in [0.29, 0.717) is 22.5 Å². The maximum absolute atomic E-state index is 13.3. The SMILES string of the molecule is CCOC(=O)C1C(CCl)=NC(C)=C(C(=O)c2ccccc2)C1c1cccs1. The summed E-state index contributed by atoms with van der Waals surface area (Å²) in [6.45, 7) is 3.81. The molecule has 0 aliphatic carbocycles. The zero-order valence-corrected chi connectivity index (χ0v) is 16.7. The lowest BCUT2D eigenvalue weighted by Gasteiger charge is -2.31. The van der Waals surface area contributed by atoms with Gasteiger partial charge in [0.1, 0.15) is 5.92 Å². The molecule has 0 amide bonds. The summed E-state index contributed by atoms with van der Waals surface area (Å²) in [5, 5.41) is 1.93. The van der Waals surface area contributed by atoms with Crippen LogP contribution in [0.5, 0.6) is 0 Å². The summed E-state index contributed by atoms with van der Waals surface area (Å²) in [6, 6.07) is 12.9. The van der Waals surface area contributed by atoms with Gasteiger partial charge in [0.2, 0.25) is 0 Å². The van der Waals surface area contributed by atoms with Gasteiger partial charge < -0.3 is 4.74 Å². The largest absolute Gasteiger partial charge is 0.465 e. The molecule has 2 heterocycles. The fourth-order valence-corrected chi connectivity index (χ4v) is 4.47. The van der Waals surface area contributed by atoms with Gasteiger partial charge >= 0.3 is 5.97 Å². The number of alkyl halides is 1. The standard InChI is InChI=1S/C21H20ClNO3S/c1-3-26-21(25)18-15(12-22)23-13(2)17(19(18)16-10-7-11-27-16)20(24)14-8-5-4-6-9-14/h4-11,18-19H,3,12H2,1-2H3. The minimum Gasteiger partial charge on any atom is -0.465 e. The molecule has 0 saturated carbocycles. The van der Waals surface area contributed by atoms with Crippen molar-refractivity contribution in [3.8, 4) is 0 Å².